The van der Waals surface area contributed by atoms with Gasteiger partial charge in [-0.15, -0.1) is 0 Å². The largest absolute Gasteiger partial charge is 0.293 e. The number of fused-ring (bicyclic) bond motifs is 1. The van der Waals surface area contributed by atoms with Crippen LogP contribution in [0.2, 0.25) is 0 Å². The van der Waals surface area contributed by atoms with Crippen molar-refractivity contribution < 1.29 is 9.59 Å². The summed E-state index contributed by atoms with van der Waals surface area (Å²) in [5.74, 6) is -1.16. The third-order valence-electron chi connectivity index (χ3n) is 5.62. The maximum atomic E-state index is 13.3. The summed E-state index contributed by atoms with van der Waals surface area (Å²) in [6, 6.07) is 25.4. The Morgan fingerprint density at radius 3 is 1.75 bits per heavy atom. The van der Waals surface area contributed by atoms with E-state index in [1.807, 2.05) is 54.6 Å². The van der Waals surface area contributed by atoms with Gasteiger partial charge in [0, 0.05) is 17.0 Å². The van der Waals surface area contributed by atoms with Crippen molar-refractivity contribution in [3.8, 4) is 0 Å². The summed E-state index contributed by atoms with van der Waals surface area (Å²) in [6.07, 6.45) is 0. The molecule has 0 N–H and O–H groups in total. The molecular formula is C26H24O2. The van der Waals surface area contributed by atoms with Crippen LogP contribution in [0.1, 0.15) is 64.1 Å². The average molecular weight is 368 g/mol. The molecule has 1 aliphatic rings. The van der Waals surface area contributed by atoms with Crippen LogP contribution in [0, 0.1) is 5.92 Å². The summed E-state index contributed by atoms with van der Waals surface area (Å²) < 4.78 is 0. The number of benzene rings is 3. The van der Waals surface area contributed by atoms with E-state index in [1.54, 1.807) is 12.1 Å². The van der Waals surface area contributed by atoms with Crippen molar-refractivity contribution >= 4 is 11.6 Å². The number of rotatable bonds is 3. The highest BCUT2D eigenvalue weighted by Gasteiger charge is 2.45. The zero-order valence-corrected chi connectivity index (χ0v) is 16.5. The molecule has 2 nitrogen and oxygen atoms in total. The first-order valence-corrected chi connectivity index (χ1v) is 9.71. The van der Waals surface area contributed by atoms with Gasteiger partial charge < -0.3 is 0 Å². The Balaban J connectivity index is 1.94. The molecule has 0 saturated heterocycles. The van der Waals surface area contributed by atoms with Gasteiger partial charge in [0.05, 0.1) is 5.92 Å². The van der Waals surface area contributed by atoms with Gasteiger partial charge in [0.25, 0.3) is 0 Å². The molecule has 0 heterocycles. The highest BCUT2D eigenvalue weighted by molar-refractivity contribution is 6.27. The van der Waals surface area contributed by atoms with Crippen LogP contribution in [-0.2, 0) is 5.41 Å². The average Bonchev–Trinajstić information content (AvgIpc) is 2.94. The summed E-state index contributed by atoms with van der Waals surface area (Å²) in [6.45, 7) is 6.50. The Morgan fingerprint density at radius 1 is 0.679 bits per heavy atom. The van der Waals surface area contributed by atoms with Crippen LogP contribution in [0.3, 0.4) is 0 Å². The fourth-order valence-corrected chi connectivity index (χ4v) is 4.33. The van der Waals surface area contributed by atoms with Gasteiger partial charge >= 0.3 is 0 Å². The number of hydrogen-bond acceptors (Lipinski definition) is 2. The Morgan fingerprint density at radius 2 is 1.18 bits per heavy atom. The van der Waals surface area contributed by atoms with E-state index in [0.29, 0.717) is 11.1 Å². The second kappa shape index (κ2) is 6.87. The third-order valence-corrected chi connectivity index (χ3v) is 5.62. The van der Waals surface area contributed by atoms with E-state index >= 15 is 0 Å². The van der Waals surface area contributed by atoms with Crippen molar-refractivity contribution in [1.29, 1.82) is 0 Å². The Hall–Kier alpha value is -3.00. The summed E-state index contributed by atoms with van der Waals surface area (Å²) in [7, 11) is 0. The van der Waals surface area contributed by atoms with Crippen molar-refractivity contribution in [2.24, 2.45) is 5.92 Å². The molecule has 0 bridgehead atoms. The van der Waals surface area contributed by atoms with Gasteiger partial charge in [-0.1, -0.05) is 99.6 Å². The van der Waals surface area contributed by atoms with E-state index in [-0.39, 0.29) is 22.9 Å². The lowest BCUT2D eigenvalue weighted by molar-refractivity contribution is 0.0824. The molecule has 1 aliphatic carbocycles. The summed E-state index contributed by atoms with van der Waals surface area (Å²) in [5.41, 5.74) is 4.22. The minimum Gasteiger partial charge on any atom is -0.293 e. The van der Waals surface area contributed by atoms with Crippen LogP contribution in [0.5, 0.6) is 0 Å². The molecule has 0 aliphatic heterocycles. The topological polar surface area (TPSA) is 34.1 Å². The van der Waals surface area contributed by atoms with E-state index in [4.69, 9.17) is 0 Å². The normalized spacial score (nSPS) is 15.5. The number of hydrogen-bond donors (Lipinski definition) is 0. The lowest BCUT2D eigenvalue weighted by Gasteiger charge is -2.30. The van der Waals surface area contributed by atoms with Crippen molar-refractivity contribution in [2.75, 3.05) is 0 Å². The van der Waals surface area contributed by atoms with Gasteiger partial charge in [-0.2, -0.15) is 0 Å². The van der Waals surface area contributed by atoms with Crippen LogP contribution < -0.4 is 0 Å². The molecule has 0 fully saturated rings. The fraction of sp³-hybridized carbons (Fsp3) is 0.231. The summed E-state index contributed by atoms with van der Waals surface area (Å²) >= 11 is 0. The molecule has 2 heteroatoms. The zero-order chi connectivity index (χ0) is 19.9. The van der Waals surface area contributed by atoms with Gasteiger partial charge in [-0.3, -0.25) is 9.59 Å². The highest BCUT2D eigenvalue weighted by Crippen LogP contribution is 2.43. The number of Topliss-reactive ketones (excluding diaryl/α,β-unsaturated/α-hetero) is 2. The Bertz CT molecular complexity index is 1010. The van der Waals surface area contributed by atoms with Crippen LogP contribution in [-0.4, -0.2) is 11.6 Å². The van der Waals surface area contributed by atoms with Crippen LogP contribution in [0.25, 0.3) is 0 Å². The maximum absolute atomic E-state index is 13.3. The highest BCUT2D eigenvalue weighted by atomic mass is 16.2. The van der Waals surface area contributed by atoms with Gasteiger partial charge in [0.1, 0.15) is 0 Å². The molecule has 1 unspecified atom stereocenters. The number of carbonyl (C=O) groups is 2. The maximum Gasteiger partial charge on any atom is 0.175 e. The predicted octanol–water partition coefficient (Wildman–Crippen LogP) is 5.81. The fourth-order valence-electron chi connectivity index (χ4n) is 4.33. The predicted molar refractivity (Wildman–Crippen MR) is 112 cm³/mol. The smallest absolute Gasteiger partial charge is 0.175 e. The van der Waals surface area contributed by atoms with Crippen molar-refractivity contribution in [3.63, 3.8) is 0 Å². The molecule has 1 atom stereocenters. The lowest BCUT2D eigenvalue weighted by Crippen LogP contribution is -2.27. The quantitative estimate of drug-likeness (QED) is 0.547. The molecule has 0 aromatic heterocycles. The molecule has 0 radical (unpaired) electrons. The molecule has 0 spiro atoms. The van der Waals surface area contributed by atoms with E-state index in [0.717, 1.165) is 11.1 Å². The van der Waals surface area contributed by atoms with Crippen molar-refractivity contribution in [2.45, 2.75) is 32.1 Å². The van der Waals surface area contributed by atoms with E-state index < -0.39 is 5.92 Å². The van der Waals surface area contributed by atoms with Crippen LogP contribution in [0.15, 0.2) is 78.9 Å². The van der Waals surface area contributed by atoms with Gasteiger partial charge in [-0.05, 0) is 22.1 Å². The van der Waals surface area contributed by atoms with Crippen molar-refractivity contribution in [3.05, 3.63) is 107 Å². The molecule has 3 aromatic rings. The summed E-state index contributed by atoms with van der Waals surface area (Å²) in [5, 5.41) is 0. The van der Waals surface area contributed by atoms with Crippen LogP contribution >= 0.6 is 0 Å². The lowest BCUT2D eigenvalue weighted by atomic mass is 9.72. The Labute approximate surface area is 166 Å². The van der Waals surface area contributed by atoms with E-state index in [1.165, 1.54) is 5.56 Å². The Kier molecular flexibility index (Phi) is 4.50. The molecule has 3 aromatic carbocycles. The van der Waals surface area contributed by atoms with E-state index in [2.05, 4.69) is 32.9 Å². The van der Waals surface area contributed by atoms with Crippen LogP contribution in [0.4, 0.5) is 0 Å². The monoisotopic (exact) mass is 368 g/mol. The number of carbonyl (C=O) groups excluding carboxylic acids is 2. The third kappa shape index (κ3) is 2.99. The molecule has 28 heavy (non-hydrogen) atoms. The second-order valence-corrected chi connectivity index (χ2v) is 8.48. The minimum absolute atomic E-state index is 0.0711. The molecule has 0 amide bonds. The first-order chi connectivity index (χ1) is 13.4. The van der Waals surface area contributed by atoms with E-state index in [9.17, 15) is 9.59 Å². The SMILES string of the molecule is CC(C)(C)c1ccccc1C(c1ccccc1)C1C(=O)c2ccccc2C1=O. The van der Waals surface area contributed by atoms with Gasteiger partial charge in [0.15, 0.2) is 11.6 Å². The zero-order valence-electron chi connectivity index (χ0n) is 16.5. The van der Waals surface area contributed by atoms with Crippen molar-refractivity contribution in [1.82, 2.24) is 0 Å². The molecular weight excluding hydrogens is 344 g/mol. The second-order valence-electron chi connectivity index (χ2n) is 8.48. The molecule has 4 rings (SSSR count). The molecule has 0 saturated carbocycles. The van der Waals surface area contributed by atoms with Gasteiger partial charge in [-0.25, -0.2) is 0 Å². The minimum atomic E-state index is -0.719. The first-order valence-electron chi connectivity index (χ1n) is 9.71. The standard InChI is InChI=1S/C26H24O2/c1-26(2,3)21-16-10-9-15-20(21)22(17-11-5-4-6-12-17)23-24(27)18-13-7-8-14-19(18)25(23)28/h4-16,22-23H,1-3H3. The summed E-state index contributed by atoms with van der Waals surface area (Å²) in [4.78, 5) is 26.7. The first kappa shape index (κ1) is 18.4. The molecule has 140 valence electrons. The number of ketones is 2. The van der Waals surface area contributed by atoms with Gasteiger partial charge in [0.2, 0.25) is 0 Å².